The molecule has 3 aromatic carbocycles. The van der Waals surface area contributed by atoms with Gasteiger partial charge in [-0.3, -0.25) is 14.4 Å². The second-order valence-electron chi connectivity index (χ2n) is 7.06. The molecule has 0 spiro atoms. The Balaban J connectivity index is 1.74. The van der Waals surface area contributed by atoms with Crippen LogP contribution >= 0.6 is 11.8 Å². The monoisotopic (exact) mass is 464 g/mol. The maximum Gasteiger partial charge on any atom is 0.303 e. The number of anilines is 2. The number of aliphatic carboxylic acids is 1. The van der Waals surface area contributed by atoms with Crippen molar-refractivity contribution in [2.24, 2.45) is 0 Å². The standard InChI is InChI=1S/C25H24N2O5S/c1-32-21-10-6-5-9-20(21)27-25(31)24(17-7-3-2-4-8-17)33-19-13-11-18(12-14-19)26-22(28)15-16-23(29)30/h2-14,24H,15-16H2,1H3,(H,26,28)(H,27,31)(H,29,30). The van der Waals surface area contributed by atoms with Crippen LogP contribution in [0.1, 0.15) is 23.7 Å². The third kappa shape index (κ3) is 7.11. The van der Waals surface area contributed by atoms with E-state index in [0.717, 1.165) is 10.5 Å². The molecule has 0 bridgehead atoms. The molecule has 3 rings (SSSR count). The second-order valence-corrected chi connectivity index (χ2v) is 8.24. The molecule has 0 aliphatic carbocycles. The number of carboxylic acid groups (broad SMARTS) is 1. The van der Waals surface area contributed by atoms with E-state index in [4.69, 9.17) is 9.84 Å². The number of hydrogen-bond acceptors (Lipinski definition) is 5. The van der Waals surface area contributed by atoms with Crippen molar-refractivity contribution in [1.29, 1.82) is 0 Å². The molecule has 8 heteroatoms. The number of thioether (sulfide) groups is 1. The average Bonchev–Trinajstić information content (AvgIpc) is 2.83. The summed E-state index contributed by atoms with van der Waals surface area (Å²) < 4.78 is 5.34. The van der Waals surface area contributed by atoms with Gasteiger partial charge in [0, 0.05) is 17.0 Å². The first-order valence-electron chi connectivity index (χ1n) is 10.2. The first-order valence-corrected chi connectivity index (χ1v) is 11.1. The number of carbonyl (C=O) groups excluding carboxylic acids is 2. The Morgan fingerprint density at radius 2 is 1.55 bits per heavy atom. The van der Waals surface area contributed by atoms with E-state index in [1.807, 2.05) is 54.6 Å². The summed E-state index contributed by atoms with van der Waals surface area (Å²) in [7, 11) is 1.55. The zero-order valence-electron chi connectivity index (χ0n) is 18.0. The second kappa shape index (κ2) is 11.7. The van der Waals surface area contributed by atoms with Gasteiger partial charge < -0.3 is 20.5 Å². The van der Waals surface area contributed by atoms with E-state index >= 15 is 0 Å². The fourth-order valence-corrected chi connectivity index (χ4v) is 4.07. The Labute approximate surface area is 196 Å². The molecule has 0 aliphatic rings. The summed E-state index contributed by atoms with van der Waals surface area (Å²) in [5.41, 5.74) is 2.00. The van der Waals surface area contributed by atoms with Gasteiger partial charge in [0.25, 0.3) is 0 Å². The maximum atomic E-state index is 13.2. The number of benzene rings is 3. The van der Waals surface area contributed by atoms with Crippen molar-refractivity contribution in [3.05, 3.63) is 84.4 Å². The Bertz CT molecular complexity index is 1100. The van der Waals surface area contributed by atoms with E-state index < -0.39 is 11.2 Å². The van der Waals surface area contributed by atoms with E-state index in [1.165, 1.54) is 11.8 Å². The van der Waals surface area contributed by atoms with Gasteiger partial charge in [0.15, 0.2) is 0 Å². The Morgan fingerprint density at radius 3 is 2.21 bits per heavy atom. The number of hydrogen-bond donors (Lipinski definition) is 3. The molecular formula is C25H24N2O5S. The number of nitrogens with one attached hydrogen (secondary N) is 2. The first kappa shape index (κ1) is 23.9. The van der Waals surface area contributed by atoms with Gasteiger partial charge in [-0.1, -0.05) is 42.5 Å². The zero-order valence-corrected chi connectivity index (χ0v) is 18.8. The van der Waals surface area contributed by atoms with E-state index in [1.54, 1.807) is 31.4 Å². The number of para-hydroxylation sites is 2. The van der Waals surface area contributed by atoms with Gasteiger partial charge in [-0.25, -0.2) is 0 Å². The summed E-state index contributed by atoms with van der Waals surface area (Å²) in [6.07, 6.45) is -0.315. The van der Waals surface area contributed by atoms with Crippen molar-refractivity contribution < 1.29 is 24.2 Å². The van der Waals surface area contributed by atoms with Crippen LogP contribution in [-0.2, 0) is 14.4 Å². The molecule has 2 amide bonds. The normalized spacial score (nSPS) is 11.3. The predicted octanol–water partition coefficient (Wildman–Crippen LogP) is 4.97. The highest BCUT2D eigenvalue weighted by Gasteiger charge is 2.23. The van der Waals surface area contributed by atoms with Crippen LogP contribution in [0.25, 0.3) is 0 Å². The van der Waals surface area contributed by atoms with Gasteiger partial charge in [0.05, 0.1) is 19.2 Å². The maximum absolute atomic E-state index is 13.2. The van der Waals surface area contributed by atoms with Crippen molar-refractivity contribution in [2.45, 2.75) is 23.0 Å². The minimum atomic E-state index is -1.02. The third-order valence-corrected chi connectivity index (χ3v) is 5.93. The summed E-state index contributed by atoms with van der Waals surface area (Å²) in [5, 5.41) is 13.8. The Morgan fingerprint density at radius 1 is 0.879 bits per heavy atom. The quantitative estimate of drug-likeness (QED) is 0.366. The molecule has 0 aliphatic heterocycles. The zero-order chi connectivity index (χ0) is 23.6. The van der Waals surface area contributed by atoms with Gasteiger partial charge >= 0.3 is 5.97 Å². The van der Waals surface area contributed by atoms with Crippen molar-refractivity contribution in [3.8, 4) is 5.75 Å². The summed E-state index contributed by atoms with van der Waals surface area (Å²) >= 11 is 1.38. The van der Waals surface area contributed by atoms with E-state index in [0.29, 0.717) is 17.1 Å². The molecule has 1 unspecified atom stereocenters. The highest BCUT2D eigenvalue weighted by atomic mass is 32.2. The molecular weight excluding hydrogens is 440 g/mol. The van der Waals surface area contributed by atoms with Gasteiger partial charge in [0.1, 0.15) is 11.0 Å². The van der Waals surface area contributed by atoms with Crippen LogP contribution < -0.4 is 15.4 Å². The van der Waals surface area contributed by atoms with Crippen LogP contribution in [0.2, 0.25) is 0 Å². The summed E-state index contributed by atoms with van der Waals surface area (Å²) in [5.74, 6) is -1.00. The third-order valence-electron chi connectivity index (χ3n) is 4.66. The first-order chi connectivity index (χ1) is 16.0. The van der Waals surface area contributed by atoms with Crippen LogP contribution in [0.3, 0.4) is 0 Å². The minimum absolute atomic E-state index is 0.0922. The number of carboxylic acids is 1. The van der Waals surface area contributed by atoms with Crippen LogP contribution in [-0.4, -0.2) is 30.0 Å². The van der Waals surface area contributed by atoms with Gasteiger partial charge in [0.2, 0.25) is 11.8 Å². The Kier molecular flexibility index (Phi) is 8.49. The van der Waals surface area contributed by atoms with Crippen molar-refractivity contribution in [3.63, 3.8) is 0 Å². The van der Waals surface area contributed by atoms with Gasteiger partial charge in [-0.05, 0) is 42.0 Å². The minimum Gasteiger partial charge on any atom is -0.495 e. The lowest BCUT2D eigenvalue weighted by atomic mass is 10.1. The Hall–Kier alpha value is -3.78. The smallest absolute Gasteiger partial charge is 0.303 e. The fraction of sp³-hybridized carbons (Fsp3) is 0.160. The summed E-state index contributed by atoms with van der Waals surface area (Å²) in [4.78, 5) is 36.5. The SMILES string of the molecule is COc1ccccc1NC(=O)C(Sc1ccc(NC(=O)CCC(=O)O)cc1)c1ccccc1. The molecule has 3 aromatic rings. The summed E-state index contributed by atoms with van der Waals surface area (Å²) in [6.45, 7) is 0. The molecule has 0 saturated carbocycles. The van der Waals surface area contributed by atoms with Crippen LogP contribution in [0, 0.1) is 0 Å². The molecule has 0 radical (unpaired) electrons. The average molecular weight is 465 g/mol. The molecule has 1 atom stereocenters. The number of methoxy groups -OCH3 is 1. The van der Waals surface area contributed by atoms with E-state index in [-0.39, 0.29) is 24.7 Å². The van der Waals surface area contributed by atoms with Gasteiger partial charge in [-0.2, -0.15) is 0 Å². The van der Waals surface area contributed by atoms with Crippen LogP contribution in [0.5, 0.6) is 5.75 Å². The molecule has 0 aromatic heterocycles. The van der Waals surface area contributed by atoms with Gasteiger partial charge in [-0.15, -0.1) is 11.8 Å². The highest BCUT2D eigenvalue weighted by molar-refractivity contribution is 8.00. The molecule has 0 heterocycles. The predicted molar refractivity (Wildman–Crippen MR) is 129 cm³/mol. The highest BCUT2D eigenvalue weighted by Crippen LogP contribution is 2.37. The number of ether oxygens (including phenoxy) is 1. The van der Waals surface area contributed by atoms with Crippen molar-refractivity contribution in [1.82, 2.24) is 0 Å². The molecule has 3 N–H and O–H groups in total. The lowest BCUT2D eigenvalue weighted by Gasteiger charge is -2.18. The van der Waals surface area contributed by atoms with Crippen LogP contribution in [0.4, 0.5) is 11.4 Å². The summed E-state index contributed by atoms with van der Waals surface area (Å²) in [6, 6.07) is 23.7. The van der Waals surface area contributed by atoms with Crippen LogP contribution in [0.15, 0.2) is 83.8 Å². The van der Waals surface area contributed by atoms with Crippen molar-refractivity contribution in [2.75, 3.05) is 17.7 Å². The lowest BCUT2D eigenvalue weighted by molar-refractivity contribution is -0.138. The molecule has 170 valence electrons. The lowest BCUT2D eigenvalue weighted by Crippen LogP contribution is -2.19. The van der Waals surface area contributed by atoms with E-state index in [9.17, 15) is 14.4 Å². The van der Waals surface area contributed by atoms with Crippen molar-refractivity contribution >= 4 is 40.9 Å². The largest absolute Gasteiger partial charge is 0.495 e. The number of carbonyl (C=O) groups is 3. The number of amides is 2. The topological polar surface area (TPSA) is 105 Å². The molecule has 0 fully saturated rings. The molecule has 0 saturated heterocycles. The fourth-order valence-electron chi connectivity index (χ4n) is 3.04. The van der Waals surface area contributed by atoms with E-state index in [2.05, 4.69) is 10.6 Å². The number of rotatable bonds is 10. The molecule has 7 nitrogen and oxygen atoms in total. The molecule has 33 heavy (non-hydrogen) atoms.